The summed E-state index contributed by atoms with van der Waals surface area (Å²) in [4.78, 5) is 21.5. The summed E-state index contributed by atoms with van der Waals surface area (Å²) >= 11 is 0. The average Bonchev–Trinajstić information content (AvgIpc) is 3.34. The quantitative estimate of drug-likeness (QED) is 0.736. The second-order valence-corrected chi connectivity index (χ2v) is 6.59. The molecule has 0 atom stereocenters. The van der Waals surface area contributed by atoms with Crippen molar-refractivity contribution in [2.24, 2.45) is 0 Å². The molecule has 0 bridgehead atoms. The topological polar surface area (TPSA) is 96.7 Å². The third-order valence-electron chi connectivity index (χ3n) is 4.64. The first kappa shape index (κ1) is 16.5. The lowest BCUT2D eigenvalue weighted by Gasteiger charge is -2.07. The third kappa shape index (κ3) is 3.24. The number of H-pyrrole nitrogens is 1. The summed E-state index contributed by atoms with van der Waals surface area (Å²) in [6, 6.07) is 5.40. The van der Waals surface area contributed by atoms with E-state index in [4.69, 9.17) is 4.42 Å². The molecule has 0 aromatic carbocycles. The highest BCUT2D eigenvalue weighted by Gasteiger charge is 2.17. The van der Waals surface area contributed by atoms with Gasteiger partial charge in [-0.1, -0.05) is 0 Å². The molecular weight excluding hydrogens is 330 g/mol. The molecule has 0 saturated heterocycles. The van der Waals surface area contributed by atoms with Crippen molar-refractivity contribution in [1.29, 1.82) is 0 Å². The van der Waals surface area contributed by atoms with E-state index in [1.807, 2.05) is 26.0 Å². The van der Waals surface area contributed by atoms with Gasteiger partial charge in [-0.05, 0) is 50.8 Å². The summed E-state index contributed by atoms with van der Waals surface area (Å²) in [5.74, 6) is 2.03. The molecule has 7 heteroatoms. The lowest BCUT2D eigenvalue weighted by atomic mass is 10.2. The van der Waals surface area contributed by atoms with E-state index in [0.717, 1.165) is 36.5 Å². The number of carbonyl (C=O) groups excluding carboxylic acids is 1. The Labute approximate surface area is 151 Å². The van der Waals surface area contributed by atoms with Gasteiger partial charge >= 0.3 is 0 Å². The number of carbonyl (C=O) groups is 1. The Morgan fingerprint density at radius 1 is 1.27 bits per heavy atom. The Balaban J connectivity index is 1.36. The summed E-state index contributed by atoms with van der Waals surface area (Å²) in [6.07, 6.45) is 3.87. The van der Waals surface area contributed by atoms with Gasteiger partial charge in [0.15, 0.2) is 11.5 Å². The van der Waals surface area contributed by atoms with Crippen molar-refractivity contribution >= 4 is 5.91 Å². The minimum atomic E-state index is -0.228. The molecule has 1 amide bonds. The summed E-state index contributed by atoms with van der Waals surface area (Å²) < 4.78 is 5.53. The first-order chi connectivity index (χ1) is 12.6. The number of nitrogens with zero attached hydrogens (tertiary/aromatic N) is 3. The molecule has 3 heterocycles. The maximum absolute atomic E-state index is 12.3. The van der Waals surface area contributed by atoms with Crippen LogP contribution in [0.3, 0.4) is 0 Å². The lowest BCUT2D eigenvalue weighted by molar-refractivity contribution is 0.0949. The van der Waals surface area contributed by atoms with E-state index in [-0.39, 0.29) is 5.91 Å². The minimum Gasteiger partial charge on any atom is -0.460 e. The van der Waals surface area contributed by atoms with Crippen LogP contribution in [0.1, 0.15) is 45.4 Å². The second-order valence-electron chi connectivity index (χ2n) is 6.59. The van der Waals surface area contributed by atoms with Crippen LogP contribution in [0.2, 0.25) is 0 Å². The van der Waals surface area contributed by atoms with Crippen LogP contribution >= 0.6 is 0 Å². The van der Waals surface area contributed by atoms with Crippen LogP contribution in [0.15, 0.2) is 22.6 Å². The van der Waals surface area contributed by atoms with Crippen molar-refractivity contribution in [3.05, 3.63) is 52.4 Å². The van der Waals surface area contributed by atoms with Crippen LogP contribution in [0, 0.1) is 13.8 Å². The molecule has 3 aromatic rings. The van der Waals surface area contributed by atoms with Gasteiger partial charge in [0, 0.05) is 30.4 Å². The molecule has 4 rings (SSSR count). The molecule has 1 aliphatic carbocycles. The van der Waals surface area contributed by atoms with E-state index in [9.17, 15) is 4.79 Å². The zero-order valence-corrected chi connectivity index (χ0v) is 14.9. The molecule has 7 nitrogen and oxygen atoms in total. The van der Waals surface area contributed by atoms with Crippen molar-refractivity contribution in [1.82, 2.24) is 25.5 Å². The van der Waals surface area contributed by atoms with Crippen molar-refractivity contribution < 1.29 is 9.21 Å². The van der Waals surface area contributed by atoms with Gasteiger partial charge in [-0.3, -0.25) is 9.89 Å². The van der Waals surface area contributed by atoms with Crippen molar-refractivity contribution in [3.8, 4) is 11.5 Å². The van der Waals surface area contributed by atoms with Gasteiger partial charge in [0.1, 0.15) is 17.3 Å². The molecule has 134 valence electrons. The van der Waals surface area contributed by atoms with Crippen LogP contribution in [0.5, 0.6) is 0 Å². The number of aryl methyl sites for hydroxylation is 3. The summed E-state index contributed by atoms with van der Waals surface area (Å²) in [7, 11) is 0. The SMILES string of the molecule is Cc1ccc(-c2cc(C(=O)NCCc3nc(C)c4c(n3)CCC4)n[nH]2)o1. The number of fused-ring (bicyclic) bond motifs is 1. The molecule has 0 radical (unpaired) electrons. The standard InChI is InChI=1S/C19H21N5O2/c1-11-6-7-17(26-11)15-10-16(24-23-15)19(25)20-9-8-18-21-12(2)13-4-3-5-14(13)22-18/h6-7,10H,3-5,8-9H2,1-2H3,(H,20,25)(H,23,24). The molecule has 0 unspecified atom stereocenters. The third-order valence-corrected chi connectivity index (χ3v) is 4.64. The minimum absolute atomic E-state index is 0.228. The number of nitrogens with one attached hydrogen (secondary N) is 2. The van der Waals surface area contributed by atoms with Gasteiger partial charge in [-0.15, -0.1) is 0 Å². The Kier molecular flexibility index (Phi) is 4.28. The number of aromatic nitrogens is 4. The fourth-order valence-corrected chi connectivity index (χ4v) is 3.32. The van der Waals surface area contributed by atoms with Gasteiger partial charge in [0.2, 0.25) is 0 Å². The van der Waals surface area contributed by atoms with Gasteiger partial charge < -0.3 is 9.73 Å². The van der Waals surface area contributed by atoms with E-state index in [2.05, 4.69) is 25.5 Å². The fourth-order valence-electron chi connectivity index (χ4n) is 3.32. The second kappa shape index (κ2) is 6.74. The summed E-state index contributed by atoms with van der Waals surface area (Å²) in [6.45, 7) is 4.38. The Hall–Kier alpha value is -2.96. The Morgan fingerprint density at radius 3 is 2.96 bits per heavy atom. The monoisotopic (exact) mass is 351 g/mol. The van der Waals surface area contributed by atoms with Gasteiger partial charge in [0.25, 0.3) is 5.91 Å². The predicted octanol–water partition coefficient (Wildman–Crippen LogP) is 2.54. The maximum Gasteiger partial charge on any atom is 0.271 e. The van der Waals surface area contributed by atoms with Crippen LogP contribution in [0.4, 0.5) is 0 Å². The number of hydrogen-bond donors (Lipinski definition) is 2. The normalized spacial score (nSPS) is 13.0. The lowest BCUT2D eigenvalue weighted by Crippen LogP contribution is -2.26. The van der Waals surface area contributed by atoms with E-state index in [1.165, 1.54) is 11.3 Å². The van der Waals surface area contributed by atoms with Crippen LogP contribution in [-0.2, 0) is 19.3 Å². The zero-order chi connectivity index (χ0) is 18.1. The molecule has 1 aliphatic rings. The van der Waals surface area contributed by atoms with E-state index >= 15 is 0 Å². The summed E-state index contributed by atoms with van der Waals surface area (Å²) in [5, 5.41) is 9.76. The zero-order valence-electron chi connectivity index (χ0n) is 14.9. The predicted molar refractivity (Wildman–Crippen MR) is 95.9 cm³/mol. The number of furan rings is 1. The van der Waals surface area contributed by atoms with Crippen molar-refractivity contribution in [3.63, 3.8) is 0 Å². The molecule has 2 N–H and O–H groups in total. The smallest absolute Gasteiger partial charge is 0.271 e. The Morgan fingerprint density at radius 2 is 2.15 bits per heavy atom. The fraction of sp³-hybridized carbons (Fsp3) is 0.368. The number of aromatic amines is 1. The molecular formula is C19H21N5O2. The number of amides is 1. The molecule has 0 saturated carbocycles. The number of rotatable bonds is 5. The Bertz CT molecular complexity index is 957. The van der Waals surface area contributed by atoms with E-state index < -0.39 is 0 Å². The highest BCUT2D eigenvalue weighted by Crippen LogP contribution is 2.22. The van der Waals surface area contributed by atoms with Gasteiger partial charge in [0.05, 0.1) is 0 Å². The largest absolute Gasteiger partial charge is 0.460 e. The van der Waals surface area contributed by atoms with Crippen LogP contribution in [-0.4, -0.2) is 32.6 Å². The highest BCUT2D eigenvalue weighted by atomic mass is 16.3. The van der Waals surface area contributed by atoms with E-state index in [0.29, 0.717) is 30.1 Å². The van der Waals surface area contributed by atoms with E-state index in [1.54, 1.807) is 6.07 Å². The summed E-state index contributed by atoms with van der Waals surface area (Å²) in [5.41, 5.74) is 4.56. The molecule has 0 spiro atoms. The van der Waals surface area contributed by atoms with Crippen molar-refractivity contribution in [2.75, 3.05) is 6.54 Å². The molecule has 26 heavy (non-hydrogen) atoms. The van der Waals surface area contributed by atoms with Crippen LogP contribution in [0.25, 0.3) is 11.5 Å². The molecule has 0 fully saturated rings. The average molecular weight is 351 g/mol. The number of hydrogen-bond acceptors (Lipinski definition) is 5. The van der Waals surface area contributed by atoms with Crippen LogP contribution < -0.4 is 5.32 Å². The van der Waals surface area contributed by atoms with Crippen molar-refractivity contribution in [2.45, 2.75) is 39.5 Å². The molecule has 0 aliphatic heterocycles. The first-order valence-electron chi connectivity index (χ1n) is 8.86. The van der Waals surface area contributed by atoms with Gasteiger partial charge in [-0.2, -0.15) is 5.10 Å². The maximum atomic E-state index is 12.3. The van der Waals surface area contributed by atoms with Gasteiger partial charge in [-0.25, -0.2) is 9.97 Å². The first-order valence-corrected chi connectivity index (χ1v) is 8.86. The molecule has 3 aromatic heterocycles. The highest BCUT2D eigenvalue weighted by molar-refractivity contribution is 5.93.